The van der Waals surface area contributed by atoms with Crippen LogP contribution in [-0.2, 0) is 6.54 Å². The van der Waals surface area contributed by atoms with E-state index in [1.807, 2.05) is 19.1 Å². The molecule has 0 amide bonds. The van der Waals surface area contributed by atoms with E-state index in [-0.39, 0.29) is 17.5 Å². The Balaban J connectivity index is 2.01. The highest BCUT2D eigenvalue weighted by atomic mass is 35.5. The molecule has 1 atom stereocenters. The molecule has 0 spiro atoms. The van der Waals surface area contributed by atoms with Crippen LogP contribution in [0.2, 0.25) is 4.34 Å². The van der Waals surface area contributed by atoms with Gasteiger partial charge in [-0.15, -0.1) is 11.3 Å². The van der Waals surface area contributed by atoms with Gasteiger partial charge in [0.15, 0.2) is 0 Å². The molecule has 1 aromatic heterocycles. The van der Waals surface area contributed by atoms with Gasteiger partial charge in [-0.05, 0) is 25.1 Å². The molecule has 1 unspecified atom stereocenters. The fourth-order valence-electron chi connectivity index (χ4n) is 1.71. The van der Waals surface area contributed by atoms with E-state index in [0.29, 0.717) is 6.54 Å². The Morgan fingerprint density at radius 3 is 2.67 bits per heavy atom. The minimum absolute atomic E-state index is 0.00789. The number of phenolic OH excluding ortho intramolecular Hbond substituents is 2. The van der Waals surface area contributed by atoms with Crippen LogP contribution in [0.5, 0.6) is 11.5 Å². The van der Waals surface area contributed by atoms with Crippen molar-refractivity contribution in [1.29, 1.82) is 0 Å². The summed E-state index contributed by atoms with van der Waals surface area (Å²) in [6, 6.07) is 8.45. The molecule has 0 saturated heterocycles. The van der Waals surface area contributed by atoms with Crippen LogP contribution in [0.4, 0.5) is 0 Å². The molecule has 1 heterocycles. The van der Waals surface area contributed by atoms with E-state index >= 15 is 0 Å². The number of thiophene rings is 1. The molecule has 0 bridgehead atoms. The van der Waals surface area contributed by atoms with Crippen LogP contribution in [0.15, 0.2) is 30.3 Å². The lowest BCUT2D eigenvalue weighted by atomic mass is 10.1. The van der Waals surface area contributed by atoms with Crippen molar-refractivity contribution in [1.82, 2.24) is 5.32 Å². The van der Waals surface area contributed by atoms with Gasteiger partial charge in [-0.25, -0.2) is 0 Å². The number of phenols is 2. The molecular formula is C13H14ClNO2S. The summed E-state index contributed by atoms with van der Waals surface area (Å²) in [5.74, 6) is 0.160. The Bertz CT molecular complexity index is 542. The smallest absolute Gasteiger partial charge is 0.124 e. The largest absolute Gasteiger partial charge is 0.508 e. The highest BCUT2D eigenvalue weighted by Crippen LogP contribution is 2.28. The molecule has 96 valence electrons. The summed E-state index contributed by atoms with van der Waals surface area (Å²) >= 11 is 7.39. The maximum Gasteiger partial charge on any atom is 0.124 e. The van der Waals surface area contributed by atoms with Crippen LogP contribution in [0.3, 0.4) is 0 Å². The van der Waals surface area contributed by atoms with Crippen LogP contribution >= 0.6 is 22.9 Å². The van der Waals surface area contributed by atoms with E-state index in [1.54, 1.807) is 12.1 Å². The van der Waals surface area contributed by atoms with Crippen LogP contribution in [-0.4, -0.2) is 10.2 Å². The monoisotopic (exact) mass is 283 g/mol. The van der Waals surface area contributed by atoms with Crippen LogP contribution in [0.1, 0.15) is 23.4 Å². The molecule has 0 aliphatic carbocycles. The normalized spacial score (nSPS) is 12.6. The fourth-order valence-corrected chi connectivity index (χ4v) is 2.75. The number of aromatic hydroxyl groups is 2. The number of benzene rings is 1. The van der Waals surface area contributed by atoms with Crippen LogP contribution in [0, 0.1) is 0 Å². The number of hydrogen-bond acceptors (Lipinski definition) is 4. The highest BCUT2D eigenvalue weighted by molar-refractivity contribution is 7.16. The van der Waals surface area contributed by atoms with Gasteiger partial charge in [0, 0.05) is 29.1 Å². The number of nitrogens with one attached hydrogen (secondary N) is 1. The molecule has 3 nitrogen and oxygen atoms in total. The first-order valence-corrected chi connectivity index (χ1v) is 6.75. The van der Waals surface area contributed by atoms with Crippen molar-refractivity contribution in [3.05, 3.63) is 45.1 Å². The summed E-state index contributed by atoms with van der Waals surface area (Å²) in [7, 11) is 0. The van der Waals surface area contributed by atoms with Crippen molar-refractivity contribution in [2.45, 2.75) is 19.5 Å². The molecule has 0 aliphatic heterocycles. The van der Waals surface area contributed by atoms with E-state index < -0.39 is 0 Å². The summed E-state index contributed by atoms with van der Waals surface area (Å²) in [4.78, 5) is 1.14. The first-order valence-electron chi connectivity index (χ1n) is 5.55. The van der Waals surface area contributed by atoms with Gasteiger partial charge < -0.3 is 15.5 Å². The highest BCUT2D eigenvalue weighted by Gasteiger charge is 2.10. The first-order chi connectivity index (χ1) is 8.56. The fraction of sp³-hybridized carbons (Fsp3) is 0.231. The molecular weight excluding hydrogens is 270 g/mol. The Kier molecular flexibility index (Phi) is 4.11. The van der Waals surface area contributed by atoms with Crippen molar-refractivity contribution in [3.63, 3.8) is 0 Å². The molecule has 2 rings (SSSR count). The quantitative estimate of drug-likeness (QED) is 0.802. The Hall–Kier alpha value is -1.23. The maximum absolute atomic E-state index is 9.74. The van der Waals surface area contributed by atoms with Crippen molar-refractivity contribution < 1.29 is 10.2 Å². The van der Waals surface area contributed by atoms with Crippen LogP contribution in [0.25, 0.3) is 0 Å². The minimum Gasteiger partial charge on any atom is -0.508 e. The molecule has 0 radical (unpaired) electrons. The predicted molar refractivity (Wildman–Crippen MR) is 74.4 cm³/mol. The van der Waals surface area contributed by atoms with E-state index in [9.17, 15) is 10.2 Å². The van der Waals surface area contributed by atoms with Gasteiger partial charge in [0.1, 0.15) is 11.5 Å². The Morgan fingerprint density at radius 2 is 2.06 bits per heavy atom. The second-order valence-corrected chi connectivity index (χ2v) is 5.85. The molecule has 1 aromatic carbocycles. The van der Waals surface area contributed by atoms with Gasteiger partial charge >= 0.3 is 0 Å². The third-order valence-electron chi connectivity index (χ3n) is 2.69. The lowest BCUT2D eigenvalue weighted by molar-refractivity contribution is 0.436. The maximum atomic E-state index is 9.74. The first kappa shape index (κ1) is 13.2. The minimum atomic E-state index is -0.00789. The Morgan fingerprint density at radius 1 is 1.28 bits per heavy atom. The van der Waals surface area contributed by atoms with Crippen molar-refractivity contribution in [2.75, 3.05) is 0 Å². The topological polar surface area (TPSA) is 52.5 Å². The summed E-state index contributed by atoms with van der Waals surface area (Å²) in [5.41, 5.74) is 0.760. The van der Waals surface area contributed by atoms with Gasteiger partial charge in [-0.3, -0.25) is 0 Å². The van der Waals surface area contributed by atoms with Crippen LogP contribution < -0.4 is 5.32 Å². The second kappa shape index (κ2) is 5.61. The molecule has 2 aromatic rings. The van der Waals surface area contributed by atoms with E-state index in [1.165, 1.54) is 17.4 Å². The lowest BCUT2D eigenvalue weighted by Crippen LogP contribution is -2.17. The molecule has 0 fully saturated rings. The van der Waals surface area contributed by atoms with Crippen molar-refractivity contribution in [3.8, 4) is 11.5 Å². The van der Waals surface area contributed by atoms with Gasteiger partial charge in [0.2, 0.25) is 0 Å². The average Bonchev–Trinajstić information content (AvgIpc) is 2.72. The number of rotatable bonds is 4. The van der Waals surface area contributed by atoms with Gasteiger partial charge in [0.05, 0.1) is 4.34 Å². The van der Waals surface area contributed by atoms with E-state index in [2.05, 4.69) is 5.32 Å². The third-order valence-corrected chi connectivity index (χ3v) is 3.92. The molecule has 3 N–H and O–H groups in total. The molecule has 0 saturated carbocycles. The lowest BCUT2D eigenvalue weighted by Gasteiger charge is -2.15. The SMILES string of the molecule is CC(NCc1ccc(Cl)s1)c1ccc(O)cc1O. The zero-order valence-electron chi connectivity index (χ0n) is 9.85. The predicted octanol–water partition coefficient (Wildman–Crippen LogP) is 3.66. The van der Waals surface area contributed by atoms with E-state index in [4.69, 9.17) is 11.6 Å². The zero-order valence-corrected chi connectivity index (χ0v) is 11.4. The zero-order chi connectivity index (χ0) is 13.1. The summed E-state index contributed by atoms with van der Waals surface area (Å²) in [6.07, 6.45) is 0. The van der Waals surface area contributed by atoms with Gasteiger partial charge in [-0.1, -0.05) is 17.7 Å². The summed E-state index contributed by atoms with van der Waals surface area (Å²) < 4.78 is 0.770. The van der Waals surface area contributed by atoms with Crippen molar-refractivity contribution >= 4 is 22.9 Å². The van der Waals surface area contributed by atoms with Crippen molar-refractivity contribution in [2.24, 2.45) is 0 Å². The third kappa shape index (κ3) is 3.16. The summed E-state index contributed by atoms with van der Waals surface area (Å²) in [6.45, 7) is 2.65. The van der Waals surface area contributed by atoms with Gasteiger partial charge in [-0.2, -0.15) is 0 Å². The Labute approximate surface area is 115 Å². The standard InChI is InChI=1S/C13H14ClNO2S/c1-8(11-4-2-9(16)6-12(11)17)15-7-10-3-5-13(14)18-10/h2-6,8,15-17H,7H2,1H3. The number of halogens is 1. The summed E-state index contributed by atoms with van der Waals surface area (Å²) in [5, 5.41) is 22.3. The number of hydrogen-bond donors (Lipinski definition) is 3. The second-order valence-electron chi connectivity index (χ2n) is 4.05. The van der Waals surface area contributed by atoms with E-state index in [0.717, 1.165) is 14.8 Å². The average molecular weight is 284 g/mol. The molecule has 18 heavy (non-hydrogen) atoms. The molecule has 5 heteroatoms. The molecule has 0 aliphatic rings. The van der Waals surface area contributed by atoms with Gasteiger partial charge in [0.25, 0.3) is 0 Å².